The zero-order chi connectivity index (χ0) is 10.5. The fraction of sp³-hybridized carbons (Fsp3) is 1.00. The normalized spacial score (nSPS) is 9.92. The molecule has 0 aliphatic rings. The van der Waals surface area contributed by atoms with Gasteiger partial charge >= 0.3 is 9.28 Å². The zero-order valence-electron chi connectivity index (χ0n) is 9.01. The molecule has 0 bridgehead atoms. The SMILES string of the molecule is CO[SiH](C)OC.[SiH3]OCCCCCl. The van der Waals surface area contributed by atoms with E-state index in [-0.39, 0.29) is 0 Å². The third-order valence-electron chi connectivity index (χ3n) is 1.40. The molecule has 0 spiro atoms. The first-order valence-corrected chi connectivity index (χ1v) is 7.78. The van der Waals surface area contributed by atoms with Gasteiger partial charge in [0.15, 0.2) is 0 Å². The summed E-state index contributed by atoms with van der Waals surface area (Å²) >= 11 is 5.39. The molecule has 0 radical (unpaired) electrons. The van der Waals surface area contributed by atoms with E-state index in [0.717, 1.165) is 35.8 Å². The number of alkyl halides is 1. The molecule has 3 nitrogen and oxygen atoms in total. The highest BCUT2D eigenvalue weighted by Gasteiger charge is 1.94. The number of halogens is 1. The Labute approximate surface area is 91.1 Å². The van der Waals surface area contributed by atoms with Crippen molar-refractivity contribution in [3.8, 4) is 0 Å². The van der Waals surface area contributed by atoms with Crippen molar-refractivity contribution < 1.29 is 13.3 Å². The number of hydrogen-bond acceptors (Lipinski definition) is 3. The predicted octanol–water partition coefficient (Wildman–Crippen LogP) is 0.432. The van der Waals surface area contributed by atoms with E-state index in [2.05, 4.69) is 0 Å². The highest BCUT2D eigenvalue weighted by molar-refractivity contribution is 6.42. The van der Waals surface area contributed by atoms with Crippen LogP contribution in [-0.2, 0) is 13.3 Å². The van der Waals surface area contributed by atoms with Crippen molar-refractivity contribution in [1.82, 2.24) is 0 Å². The van der Waals surface area contributed by atoms with Crippen LogP contribution in [0.5, 0.6) is 0 Å². The molecule has 0 aromatic carbocycles. The second-order valence-corrected chi connectivity index (χ2v) is 5.46. The Kier molecular flexibility index (Phi) is 18.6. The minimum absolute atomic E-state index is 0.769. The molecule has 0 amide bonds. The van der Waals surface area contributed by atoms with Gasteiger partial charge in [-0.2, -0.15) is 0 Å². The van der Waals surface area contributed by atoms with E-state index < -0.39 is 9.28 Å². The van der Waals surface area contributed by atoms with E-state index in [1.807, 2.05) is 6.55 Å². The van der Waals surface area contributed by atoms with Crippen LogP contribution in [-0.4, -0.2) is 46.5 Å². The van der Waals surface area contributed by atoms with Crippen LogP contribution in [0.3, 0.4) is 0 Å². The molecule has 0 heterocycles. The first kappa shape index (κ1) is 16.0. The third kappa shape index (κ3) is 19.1. The Morgan fingerprint density at radius 2 is 1.77 bits per heavy atom. The van der Waals surface area contributed by atoms with Gasteiger partial charge in [0.2, 0.25) is 0 Å². The molecular weight excluding hydrogens is 224 g/mol. The maximum absolute atomic E-state index is 5.39. The van der Waals surface area contributed by atoms with E-state index in [0.29, 0.717) is 0 Å². The molecule has 13 heavy (non-hydrogen) atoms. The Hall–Kier alpha value is 0.604. The minimum Gasteiger partial charge on any atom is -0.428 e. The number of unbranched alkanes of at least 4 members (excludes halogenated alkanes) is 1. The molecular formula is C7H21ClO3Si2. The lowest BCUT2D eigenvalue weighted by molar-refractivity contribution is 0.285. The monoisotopic (exact) mass is 244 g/mol. The molecule has 0 rings (SSSR count). The molecule has 6 heteroatoms. The van der Waals surface area contributed by atoms with Crippen LogP contribution in [0.25, 0.3) is 0 Å². The number of hydrogen-bond donors (Lipinski definition) is 0. The molecule has 0 fully saturated rings. The van der Waals surface area contributed by atoms with Crippen LogP contribution < -0.4 is 0 Å². The van der Waals surface area contributed by atoms with Gasteiger partial charge in [-0.05, 0) is 19.4 Å². The Morgan fingerprint density at radius 3 is 2.00 bits per heavy atom. The van der Waals surface area contributed by atoms with Gasteiger partial charge in [-0.25, -0.2) is 0 Å². The lowest BCUT2D eigenvalue weighted by Gasteiger charge is -2.00. The van der Waals surface area contributed by atoms with Crippen molar-refractivity contribution in [2.45, 2.75) is 19.4 Å². The Balaban J connectivity index is 0. The average Bonchev–Trinajstić information content (AvgIpc) is 2.18. The van der Waals surface area contributed by atoms with E-state index >= 15 is 0 Å². The van der Waals surface area contributed by atoms with Gasteiger partial charge in [-0.15, -0.1) is 11.6 Å². The minimum atomic E-state index is -1.16. The van der Waals surface area contributed by atoms with Gasteiger partial charge in [-0.1, -0.05) is 0 Å². The van der Waals surface area contributed by atoms with Crippen molar-refractivity contribution >= 4 is 31.4 Å². The van der Waals surface area contributed by atoms with Crippen molar-refractivity contribution in [2.24, 2.45) is 0 Å². The Bertz CT molecular complexity index is 80.1. The molecule has 0 aliphatic heterocycles. The summed E-state index contributed by atoms with van der Waals surface area (Å²) < 4.78 is 14.6. The van der Waals surface area contributed by atoms with Gasteiger partial charge in [0, 0.05) is 26.7 Å². The summed E-state index contributed by atoms with van der Waals surface area (Å²) in [6.07, 6.45) is 2.21. The summed E-state index contributed by atoms with van der Waals surface area (Å²) in [4.78, 5) is 0. The van der Waals surface area contributed by atoms with Gasteiger partial charge < -0.3 is 13.3 Å². The van der Waals surface area contributed by atoms with Gasteiger partial charge in [0.1, 0.15) is 10.5 Å². The third-order valence-corrected chi connectivity index (χ3v) is 3.40. The summed E-state index contributed by atoms with van der Waals surface area (Å²) in [5.41, 5.74) is 0. The molecule has 0 atom stereocenters. The summed E-state index contributed by atoms with van der Waals surface area (Å²) in [6.45, 7) is 2.87. The predicted molar refractivity (Wildman–Crippen MR) is 62.9 cm³/mol. The highest BCUT2D eigenvalue weighted by Crippen LogP contribution is 1.89. The van der Waals surface area contributed by atoms with Gasteiger partial charge in [0.25, 0.3) is 0 Å². The van der Waals surface area contributed by atoms with Crippen molar-refractivity contribution in [3.05, 3.63) is 0 Å². The van der Waals surface area contributed by atoms with Crippen molar-refractivity contribution in [3.63, 3.8) is 0 Å². The topological polar surface area (TPSA) is 27.7 Å². The van der Waals surface area contributed by atoms with Crippen LogP contribution in [0.4, 0.5) is 0 Å². The van der Waals surface area contributed by atoms with Crippen LogP contribution in [0.1, 0.15) is 12.8 Å². The Morgan fingerprint density at radius 1 is 1.23 bits per heavy atom. The summed E-state index contributed by atoms with van der Waals surface area (Å²) in [5, 5.41) is 0. The van der Waals surface area contributed by atoms with Crippen LogP contribution >= 0.6 is 11.6 Å². The lowest BCUT2D eigenvalue weighted by Crippen LogP contribution is -2.12. The van der Waals surface area contributed by atoms with Gasteiger partial charge in [0.05, 0.1) is 0 Å². The van der Waals surface area contributed by atoms with E-state index in [1.165, 1.54) is 0 Å². The molecule has 0 aliphatic carbocycles. The maximum Gasteiger partial charge on any atom is 0.317 e. The highest BCUT2D eigenvalue weighted by atomic mass is 35.5. The molecule has 0 aromatic rings. The second-order valence-electron chi connectivity index (χ2n) is 2.43. The molecule has 0 N–H and O–H groups in total. The lowest BCUT2D eigenvalue weighted by atomic mass is 10.4. The quantitative estimate of drug-likeness (QED) is 0.386. The molecule has 0 aromatic heterocycles. The van der Waals surface area contributed by atoms with E-state index in [4.69, 9.17) is 24.9 Å². The maximum atomic E-state index is 5.39. The fourth-order valence-electron chi connectivity index (χ4n) is 0.437. The van der Waals surface area contributed by atoms with Crippen LogP contribution in [0, 0.1) is 0 Å². The molecule has 0 unspecified atom stereocenters. The average molecular weight is 245 g/mol. The summed E-state index contributed by atoms with van der Waals surface area (Å²) in [7, 11) is 3.04. The second kappa shape index (κ2) is 15.1. The number of rotatable bonds is 6. The van der Waals surface area contributed by atoms with Crippen LogP contribution in [0.15, 0.2) is 0 Å². The van der Waals surface area contributed by atoms with Crippen LogP contribution in [0.2, 0.25) is 6.55 Å². The molecule has 0 saturated carbocycles. The molecule has 0 saturated heterocycles. The van der Waals surface area contributed by atoms with Crippen molar-refractivity contribution in [2.75, 3.05) is 26.7 Å². The summed E-state index contributed by atoms with van der Waals surface area (Å²) in [6, 6.07) is 0. The first-order chi connectivity index (χ1) is 6.22. The van der Waals surface area contributed by atoms with E-state index in [9.17, 15) is 0 Å². The van der Waals surface area contributed by atoms with Crippen molar-refractivity contribution in [1.29, 1.82) is 0 Å². The molecule has 82 valence electrons. The zero-order valence-corrected chi connectivity index (χ0v) is 12.9. The standard InChI is InChI=1S/C4H11ClOSi.C3H10O2Si/c5-3-1-2-4-6-7;1-4-6(3)5-2/h1-4H2,7H3;6H,1-3H3. The first-order valence-electron chi connectivity index (χ1n) is 4.33. The summed E-state index contributed by atoms with van der Waals surface area (Å²) in [5.74, 6) is 0.769. The largest absolute Gasteiger partial charge is 0.428 e. The van der Waals surface area contributed by atoms with E-state index in [1.54, 1.807) is 14.2 Å². The van der Waals surface area contributed by atoms with Gasteiger partial charge in [-0.3, -0.25) is 0 Å². The fourth-order valence-corrected chi connectivity index (χ4v) is 1.11. The smallest absolute Gasteiger partial charge is 0.317 e.